The van der Waals surface area contributed by atoms with E-state index in [4.69, 9.17) is 5.84 Å². The molecule has 0 amide bonds. The van der Waals surface area contributed by atoms with E-state index >= 15 is 0 Å². The van der Waals surface area contributed by atoms with Crippen molar-refractivity contribution in [2.24, 2.45) is 5.84 Å². The van der Waals surface area contributed by atoms with Gasteiger partial charge in [-0.1, -0.05) is 40.2 Å². The van der Waals surface area contributed by atoms with Gasteiger partial charge in [0.15, 0.2) is 0 Å². The number of hydrazine groups is 1. The second kappa shape index (κ2) is 5.93. The Balaban J connectivity index is 2.21. The molecule has 1 heterocycles. The minimum Gasteiger partial charge on any atom is -0.271 e. The maximum atomic E-state index is 5.86. The molecule has 0 saturated heterocycles. The third-order valence-corrected chi connectivity index (χ3v) is 4.24. The Morgan fingerprint density at radius 1 is 1.14 bits per heavy atom. The molecule has 1 aromatic heterocycles. The zero-order valence-electron chi connectivity index (χ0n) is 11.7. The molecule has 106 valence electrons. The summed E-state index contributed by atoms with van der Waals surface area (Å²) in [6, 6.07) is 14.4. The number of halogens is 1. The van der Waals surface area contributed by atoms with Crippen molar-refractivity contribution in [2.75, 3.05) is 0 Å². The zero-order chi connectivity index (χ0) is 14.8. The molecule has 4 heteroatoms. The second-order valence-corrected chi connectivity index (χ2v) is 5.96. The van der Waals surface area contributed by atoms with Crippen LogP contribution >= 0.6 is 15.9 Å². The number of fused-ring (bicyclic) bond motifs is 1. The molecule has 3 rings (SSSR count). The van der Waals surface area contributed by atoms with Gasteiger partial charge in [0.2, 0.25) is 0 Å². The number of rotatable bonds is 3. The summed E-state index contributed by atoms with van der Waals surface area (Å²) in [4.78, 5) is 4.25. The van der Waals surface area contributed by atoms with Crippen molar-refractivity contribution in [1.82, 2.24) is 10.4 Å². The summed E-state index contributed by atoms with van der Waals surface area (Å²) in [7, 11) is 0. The monoisotopic (exact) mass is 341 g/mol. The van der Waals surface area contributed by atoms with E-state index in [1.807, 2.05) is 18.3 Å². The van der Waals surface area contributed by atoms with Crippen LogP contribution in [0.3, 0.4) is 0 Å². The molecule has 2 aromatic carbocycles. The fourth-order valence-electron chi connectivity index (χ4n) is 2.66. The summed E-state index contributed by atoms with van der Waals surface area (Å²) in [5.74, 6) is 5.86. The molecule has 0 aliphatic heterocycles. The summed E-state index contributed by atoms with van der Waals surface area (Å²) in [5, 5.41) is 2.28. The summed E-state index contributed by atoms with van der Waals surface area (Å²) in [6.07, 6.45) is 3.70. The van der Waals surface area contributed by atoms with E-state index < -0.39 is 0 Å². The number of aryl methyl sites for hydroxylation is 1. The van der Waals surface area contributed by atoms with Crippen LogP contribution in [-0.2, 0) is 0 Å². The molecule has 3 nitrogen and oxygen atoms in total. The lowest BCUT2D eigenvalue weighted by molar-refractivity contribution is 0.637. The average molecular weight is 342 g/mol. The van der Waals surface area contributed by atoms with Crippen LogP contribution in [0.1, 0.15) is 22.7 Å². The van der Waals surface area contributed by atoms with E-state index in [0.29, 0.717) is 0 Å². The number of nitrogens with two attached hydrogens (primary N) is 1. The molecule has 0 fully saturated rings. The molecule has 0 aliphatic carbocycles. The first-order valence-electron chi connectivity index (χ1n) is 6.75. The Bertz CT molecular complexity index is 781. The molecule has 0 aliphatic rings. The Labute approximate surface area is 132 Å². The Morgan fingerprint density at radius 3 is 2.81 bits per heavy atom. The van der Waals surface area contributed by atoms with Crippen molar-refractivity contribution in [3.63, 3.8) is 0 Å². The highest BCUT2D eigenvalue weighted by Crippen LogP contribution is 2.31. The van der Waals surface area contributed by atoms with Crippen LogP contribution in [0.15, 0.2) is 59.3 Å². The van der Waals surface area contributed by atoms with Gasteiger partial charge in [0.05, 0.1) is 6.04 Å². The van der Waals surface area contributed by atoms with Crippen molar-refractivity contribution in [2.45, 2.75) is 13.0 Å². The van der Waals surface area contributed by atoms with Gasteiger partial charge in [-0.15, -0.1) is 0 Å². The Morgan fingerprint density at radius 2 is 2.00 bits per heavy atom. The average Bonchev–Trinajstić information content (AvgIpc) is 2.51. The predicted octanol–water partition coefficient (Wildman–Crippen LogP) is 3.86. The van der Waals surface area contributed by atoms with Gasteiger partial charge >= 0.3 is 0 Å². The van der Waals surface area contributed by atoms with Crippen LogP contribution in [0, 0.1) is 6.92 Å². The van der Waals surface area contributed by atoms with E-state index in [1.165, 1.54) is 5.56 Å². The molecular formula is C17H16BrN3. The van der Waals surface area contributed by atoms with Crippen molar-refractivity contribution in [3.8, 4) is 0 Å². The number of benzene rings is 2. The molecule has 3 N–H and O–H groups in total. The molecule has 3 aromatic rings. The van der Waals surface area contributed by atoms with Gasteiger partial charge in [0.1, 0.15) is 0 Å². The van der Waals surface area contributed by atoms with Crippen molar-refractivity contribution in [3.05, 3.63) is 76.0 Å². The first-order valence-corrected chi connectivity index (χ1v) is 7.55. The summed E-state index contributed by atoms with van der Waals surface area (Å²) < 4.78 is 1.04. The minimum absolute atomic E-state index is 0.0737. The van der Waals surface area contributed by atoms with E-state index in [2.05, 4.69) is 63.6 Å². The fourth-order valence-corrected chi connectivity index (χ4v) is 3.04. The highest BCUT2D eigenvalue weighted by molar-refractivity contribution is 9.10. The van der Waals surface area contributed by atoms with Crippen molar-refractivity contribution in [1.29, 1.82) is 0 Å². The first kappa shape index (κ1) is 14.2. The molecule has 0 radical (unpaired) electrons. The fraction of sp³-hybridized carbons (Fsp3) is 0.118. The number of nitrogens with zero attached hydrogens (tertiary/aromatic N) is 1. The zero-order valence-corrected chi connectivity index (χ0v) is 13.3. The van der Waals surface area contributed by atoms with E-state index in [1.54, 1.807) is 6.20 Å². The van der Waals surface area contributed by atoms with Gasteiger partial charge in [-0.3, -0.25) is 10.8 Å². The predicted molar refractivity (Wildman–Crippen MR) is 89.8 cm³/mol. The number of hydrogen-bond donors (Lipinski definition) is 2. The summed E-state index contributed by atoms with van der Waals surface area (Å²) in [5.41, 5.74) is 6.43. The lowest BCUT2D eigenvalue weighted by Gasteiger charge is -2.21. The number of hydrogen-bond acceptors (Lipinski definition) is 3. The maximum absolute atomic E-state index is 5.86. The molecular weight excluding hydrogens is 326 g/mol. The largest absolute Gasteiger partial charge is 0.271 e. The number of pyridine rings is 1. The number of nitrogens with one attached hydrogen (secondary N) is 1. The van der Waals surface area contributed by atoms with Gasteiger partial charge in [-0.2, -0.15) is 0 Å². The number of aromatic nitrogens is 1. The van der Waals surface area contributed by atoms with Crippen LogP contribution in [0.25, 0.3) is 10.8 Å². The van der Waals surface area contributed by atoms with Gasteiger partial charge in [0, 0.05) is 22.3 Å². The topological polar surface area (TPSA) is 50.9 Å². The highest BCUT2D eigenvalue weighted by atomic mass is 79.9. The molecule has 21 heavy (non-hydrogen) atoms. The molecule has 1 unspecified atom stereocenters. The van der Waals surface area contributed by atoms with Crippen LogP contribution < -0.4 is 11.3 Å². The third kappa shape index (κ3) is 2.70. The van der Waals surface area contributed by atoms with Crippen molar-refractivity contribution >= 4 is 26.7 Å². The maximum Gasteiger partial charge on any atom is 0.0719 e. The van der Waals surface area contributed by atoms with E-state index in [9.17, 15) is 0 Å². The van der Waals surface area contributed by atoms with Gasteiger partial charge in [-0.25, -0.2) is 5.43 Å². The van der Waals surface area contributed by atoms with Crippen LogP contribution in [0.2, 0.25) is 0 Å². The van der Waals surface area contributed by atoms with Crippen LogP contribution in [-0.4, -0.2) is 4.98 Å². The van der Waals surface area contributed by atoms with E-state index in [0.717, 1.165) is 26.4 Å². The smallest absolute Gasteiger partial charge is 0.0719 e. The molecule has 1 atom stereocenters. The third-order valence-electron chi connectivity index (χ3n) is 3.75. The summed E-state index contributed by atoms with van der Waals surface area (Å²) in [6.45, 7) is 2.09. The Hall–Kier alpha value is -1.75. The SMILES string of the molecule is Cc1ccc(Br)cc1C(NN)c1cccc2ccncc12. The quantitative estimate of drug-likeness (QED) is 0.561. The van der Waals surface area contributed by atoms with E-state index in [-0.39, 0.29) is 6.04 Å². The summed E-state index contributed by atoms with van der Waals surface area (Å²) >= 11 is 3.54. The molecule has 0 bridgehead atoms. The highest BCUT2D eigenvalue weighted by Gasteiger charge is 2.17. The minimum atomic E-state index is -0.0737. The lowest BCUT2D eigenvalue weighted by Crippen LogP contribution is -2.29. The van der Waals surface area contributed by atoms with Gasteiger partial charge in [0.25, 0.3) is 0 Å². The van der Waals surface area contributed by atoms with Gasteiger partial charge in [-0.05, 0) is 47.2 Å². The van der Waals surface area contributed by atoms with Gasteiger partial charge < -0.3 is 0 Å². The van der Waals surface area contributed by atoms with Crippen molar-refractivity contribution < 1.29 is 0 Å². The van der Waals surface area contributed by atoms with Crippen LogP contribution in [0.4, 0.5) is 0 Å². The Kier molecular flexibility index (Phi) is 4.01. The lowest BCUT2D eigenvalue weighted by atomic mass is 9.92. The molecule has 0 spiro atoms. The first-order chi connectivity index (χ1) is 10.2. The van der Waals surface area contributed by atoms with Crippen LogP contribution in [0.5, 0.6) is 0 Å². The molecule has 0 saturated carbocycles. The second-order valence-electron chi connectivity index (χ2n) is 5.04. The standard InChI is InChI=1S/C17H16BrN3/c1-11-5-6-13(18)9-15(11)17(21-19)14-4-2-3-12-7-8-20-10-16(12)14/h2-10,17,21H,19H2,1H3. The normalized spacial score (nSPS) is 12.5.